The fraction of sp³-hybridized carbons (Fsp3) is 0.478. The van der Waals surface area contributed by atoms with E-state index in [0.717, 1.165) is 40.7 Å². The number of hydrogen-bond acceptors (Lipinski definition) is 4. The van der Waals surface area contributed by atoms with Gasteiger partial charge in [0.15, 0.2) is 5.16 Å². The maximum Gasteiger partial charge on any atom is 0.211 e. The fourth-order valence-corrected chi connectivity index (χ4v) is 6.89. The third-order valence-electron chi connectivity index (χ3n) is 6.19. The summed E-state index contributed by atoms with van der Waals surface area (Å²) in [4.78, 5) is 20.5. The molecule has 3 nitrogen and oxygen atoms in total. The zero-order valence-corrected chi connectivity index (χ0v) is 18.0. The summed E-state index contributed by atoms with van der Waals surface area (Å²) in [6, 6.07) is 8.58. The lowest BCUT2D eigenvalue weighted by atomic mass is 9.89. The monoisotopic (exact) mass is 410 g/mol. The maximum atomic E-state index is 13.4. The second kappa shape index (κ2) is 7.68. The molecule has 2 aliphatic rings. The highest BCUT2D eigenvalue weighted by Crippen LogP contribution is 2.39. The Hall–Kier alpha value is -1.59. The van der Waals surface area contributed by atoms with Crippen molar-refractivity contribution in [3.63, 3.8) is 0 Å². The van der Waals surface area contributed by atoms with Crippen molar-refractivity contribution in [3.8, 4) is 10.4 Å². The number of benzene rings is 1. The molecule has 0 unspecified atom stereocenters. The Kier molecular flexibility index (Phi) is 5.06. The number of imidazole rings is 1. The third kappa shape index (κ3) is 3.13. The highest BCUT2D eigenvalue weighted by atomic mass is 32.2. The predicted molar refractivity (Wildman–Crippen MR) is 120 cm³/mol. The Bertz CT molecular complexity index is 1080. The smallest absolute Gasteiger partial charge is 0.211 e. The number of rotatable bonds is 4. The van der Waals surface area contributed by atoms with Gasteiger partial charge in [-0.05, 0) is 48.5 Å². The van der Waals surface area contributed by atoms with Crippen LogP contribution in [0, 0.1) is 5.92 Å². The Morgan fingerprint density at radius 1 is 1.18 bits per heavy atom. The molecule has 1 saturated carbocycles. The van der Waals surface area contributed by atoms with Gasteiger partial charge < -0.3 is 4.57 Å². The number of aryl methyl sites for hydroxylation is 1. The van der Waals surface area contributed by atoms with Crippen molar-refractivity contribution >= 4 is 33.4 Å². The Morgan fingerprint density at radius 3 is 2.82 bits per heavy atom. The van der Waals surface area contributed by atoms with Gasteiger partial charge in [-0.3, -0.25) is 4.79 Å². The van der Waals surface area contributed by atoms with Crippen molar-refractivity contribution in [2.45, 2.75) is 63.6 Å². The van der Waals surface area contributed by atoms with E-state index >= 15 is 0 Å². The van der Waals surface area contributed by atoms with Gasteiger partial charge in [0.2, 0.25) is 5.43 Å². The normalized spacial score (nSPS) is 16.9. The molecule has 2 heterocycles. The summed E-state index contributed by atoms with van der Waals surface area (Å²) >= 11 is 3.57. The number of thioether (sulfide) groups is 1. The summed E-state index contributed by atoms with van der Waals surface area (Å²) in [5.74, 6) is 1.70. The molecule has 3 aromatic rings. The molecule has 2 aromatic heterocycles. The Balaban J connectivity index is 1.69. The predicted octanol–water partition coefficient (Wildman–Crippen LogP) is 5.92. The van der Waals surface area contributed by atoms with Crippen LogP contribution in [0.15, 0.2) is 34.2 Å². The van der Waals surface area contributed by atoms with E-state index in [1.165, 1.54) is 48.1 Å². The van der Waals surface area contributed by atoms with E-state index in [1.807, 2.05) is 0 Å². The molecular formula is C23H26N2OS2. The Morgan fingerprint density at radius 2 is 2.00 bits per heavy atom. The molecule has 0 bridgehead atoms. The van der Waals surface area contributed by atoms with Crippen molar-refractivity contribution < 1.29 is 0 Å². The van der Waals surface area contributed by atoms with E-state index in [-0.39, 0.29) is 5.43 Å². The van der Waals surface area contributed by atoms with Gasteiger partial charge in [-0.2, -0.15) is 0 Å². The molecule has 1 aromatic carbocycles. The van der Waals surface area contributed by atoms with Crippen LogP contribution < -0.4 is 5.43 Å². The summed E-state index contributed by atoms with van der Waals surface area (Å²) in [5.41, 5.74) is 4.47. The summed E-state index contributed by atoms with van der Waals surface area (Å²) in [7, 11) is 0. The highest BCUT2D eigenvalue weighted by molar-refractivity contribution is 7.99. The fourth-order valence-electron chi connectivity index (χ4n) is 4.77. The molecule has 0 saturated heterocycles. The highest BCUT2D eigenvalue weighted by Gasteiger charge is 2.25. The summed E-state index contributed by atoms with van der Waals surface area (Å²) in [5, 5.41) is 1.03. The van der Waals surface area contributed by atoms with Gasteiger partial charge in [-0.15, -0.1) is 11.3 Å². The minimum absolute atomic E-state index is 0.165. The van der Waals surface area contributed by atoms with Gasteiger partial charge in [-0.1, -0.05) is 62.2 Å². The van der Waals surface area contributed by atoms with Crippen LogP contribution in [0.3, 0.4) is 0 Å². The maximum absolute atomic E-state index is 13.4. The zero-order chi connectivity index (χ0) is 19.1. The summed E-state index contributed by atoms with van der Waals surface area (Å²) in [6.07, 6.45) is 8.45. The SMILES string of the molecule is CCSc1nc2c(=O)c3c(sc2n1CC1CCCCC1)-c1ccccc1CC3. The summed E-state index contributed by atoms with van der Waals surface area (Å²) in [6.45, 7) is 3.17. The van der Waals surface area contributed by atoms with Gasteiger partial charge in [0, 0.05) is 17.0 Å². The molecule has 146 valence electrons. The van der Waals surface area contributed by atoms with E-state index in [0.29, 0.717) is 11.4 Å². The molecule has 0 N–H and O–H groups in total. The first kappa shape index (κ1) is 18.4. The van der Waals surface area contributed by atoms with Crippen LogP contribution >= 0.6 is 23.1 Å². The van der Waals surface area contributed by atoms with Gasteiger partial charge in [0.05, 0.1) is 0 Å². The van der Waals surface area contributed by atoms with E-state index in [9.17, 15) is 4.79 Å². The molecule has 0 spiro atoms. The second-order valence-electron chi connectivity index (χ2n) is 7.99. The molecule has 0 radical (unpaired) electrons. The molecule has 0 aliphatic heterocycles. The number of fused-ring (bicyclic) bond motifs is 4. The molecule has 28 heavy (non-hydrogen) atoms. The van der Waals surface area contributed by atoms with Gasteiger partial charge >= 0.3 is 0 Å². The number of aromatic nitrogens is 2. The van der Waals surface area contributed by atoms with Crippen molar-refractivity contribution in [2.75, 3.05) is 5.75 Å². The van der Waals surface area contributed by atoms with Crippen molar-refractivity contribution in [1.29, 1.82) is 0 Å². The second-order valence-corrected chi connectivity index (χ2v) is 10.2. The van der Waals surface area contributed by atoms with E-state index in [1.54, 1.807) is 23.1 Å². The average Bonchev–Trinajstić information content (AvgIpc) is 3.07. The van der Waals surface area contributed by atoms with Crippen LogP contribution in [-0.2, 0) is 19.4 Å². The Labute approximate surface area is 174 Å². The van der Waals surface area contributed by atoms with Gasteiger partial charge in [0.25, 0.3) is 0 Å². The molecule has 0 amide bonds. The lowest BCUT2D eigenvalue weighted by Gasteiger charge is -2.23. The van der Waals surface area contributed by atoms with Gasteiger partial charge in [0.1, 0.15) is 10.3 Å². The van der Waals surface area contributed by atoms with Gasteiger partial charge in [-0.25, -0.2) is 4.98 Å². The topological polar surface area (TPSA) is 34.9 Å². The summed E-state index contributed by atoms with van der Waals surface area (Å²) < 4.78 is 2.38. The molecular weight excluding hydrogens is 384 g/mol. The minimum atomic E-state index is 0.165. The van der Waals surface area contributed by atoms with E-state index in [2.05, 4.69) is 35.8 Å². The van der Waals surface area contributed by atoms with Crippen LogP contribution in [0.2, 0.25) is 0 Å². The molecule has 5 rings (SSSR count). The van der Waals surface area contributed by atoms with Crippen LogP contribution in [-0.4, -0.2) is 15.3 Å². The molecule has 0 atom stereocenters. The molecule has 5 heteroatoms. The van der Waals surface area contributed by atoms with Crippen LogP contribution in [0.5, 0.6) is 0 Å². The zero-order valence-electron chi connectivity index (χ0n) is 16.4. The molecule has 1 fully saturated rings. The first-order valence-electron chi connectivity index (χ1n) is 10.5. The lowest BCUT2D eigenvalue weighted by Crippen LogP contribution is -2.17. The first-order valence-corrected chi connectivity index (χ1v) is 12.3. The largest absolute Gasteiger partial charge is 0.310 e. The van der Waals surface area contributed by atoms with E-state index < -0.39 is 0 Å². The number of nitrogens with zero attached hydrogens (tertiary/aromatic N) is 2. The van der Waals surface area contributed by atoms with Crippen molar-refractivity contribution in [1.82, 2.24) is 9.55 Å². The van der Waals surface area contributed by atoms with Crippen LogP contribution in [0.4, 0.5) is 0 Å². The quantitative estimate of drug-likeness (QED) is 0.501. The average molecular weight is 411 g/mol. The van der Waals surface area contributed by atoms with Crippen LogP contribution in [0.1, 0.15) is 50.2 Å². The number of hydrogen-bond donors (Lipinski definition) is 0. The molecule has 2 aliphatic carbocycles. The standard InChI is InChI=1S/C23H26N2OS2/c1-2-27-23-24-19-20(26)18-13-12-16-10-6-7-11-17(16)21(18)28-22(19)25(23)14-15-8-4-3-5-9-15/h6-7,10-11,15H,2-5,8-9,12-14H2,1H3. The van der Waals surface area contributed by atoms with E-state index in [4.69, 9.17) is 4.98 Å². The minimum Gasteiger partial charge on any atom is -0.310 e. The third-order valence-corrected chi connectivity index (χ3v) is 8.33. The van der Waals surface area contributed by atoms with Crippen LogP contribution in [0.25, 0.3) is 20.8 Å². The first-order chi connectivity index (χ1) is 13.8. The van der Waals surface area contributed by atoms with Crippen molar-refractivity contribution in [2.24, 2.45) is 5.92 Å². The van der Waals surface area contributed by atoms with Crippen molar-refractivity contribution in [3.05, 3.63) is 45.6 Å². The lowest BCUT2D eigenvalue weighted by molar-refractivity contribution is 0.315.